The SMILES string of the molecule is C[C@H]1C(=O)NC[C@@H]2CN(CCc3ccccc3)C[C@@H]21. The van der Waals surface area contributed by atoms with Crippen molar-refractivity contribution in [3.63, 3.8) is 0 Å². The van der Waals surface area contributed by atoms with Crippen molar-refractivity contribution in [2.75, 3.05) is 26.2 Å². The van der Waals surface area contributed by atoms with Gasteiger partial charge < -0.3 is 10.2 Å². The van der Waals surface area contributed by atoms with Crippen LogP contribution >= 0.6 is 0 Å². The Morgan fingerprint density at radius 2 is 2.05 bits per heavy atom. The molecule has 3 heteroatoms. The van der Waals surface area contributed by atoms with Gasteiger partial charge in [0.2, 0.25) is 5.91 Å². The lowest BCUT2D eigenvalue weighted by atomic mass is 9.81. The van der Waals surface area contributed by atoms with E-state index in [1.54, 1.807) is 0 Å². The number of likely N-dealkylation sites (tertiary alicyclic amines) is 1. The first-order valence-corrected chi connectivity index (χ1v) is 7.28. The molecule has 3 atom stereocenters. The highest BCUT2D eigenvalue weighted by molar-refractivity contribution is 5.79. The molecule has 0 aliphatic carbocycles. The molecule has 1 N–H and O–H groups in total. The van der Waals surface area contributed by atoms with Crippen molar-refractivity contribution >= 4 is 5.91 Å². The summed E-state index contributed by atoms with van der Waals surface area (Å²) in [5.41, 5.74) is 1.40. The second-order valence-electron chi connectivity index (χ2n) is 5.95. The molecule has 0 aromatic heterocycles. The van der Waals surface area contributed by atoms with E-state index >= 15 is 0 Å². The smallest absolute Gasteiger partial charge is 0.223 e. The van der Waals surface area contributed by atoms with Crippen LogP contribution < -0.4 is 5.32 Å². The zero-order valence-electron chi connectivity index (χ0n) is 11.5. The number of carbonyl (C=O) groups is 1. The summed E-state index contributed by atoms with van der Waals surface area (Å²) in [6.07, 6.45) is 1.11. The van der Waals surface area contributed by atoms with Crippen LogP contribution in [0.25, 0.3) is 0 Å². The number of rotatable bonds is 3. The van der Waals surface area contributed by atoms with Crippen molar-refractivity contribution in [2.45, 2.75) is 13.3 Å². The van der Waals surface area contributed by atoms with Gasteiger partial charge in [0.05, 0.1) is 0 Å². The zero-order valence-corrected chi connectivity index (χ0v) is 11.5. The highest BCUT2D eigenvalue weighted by Gasteiger charge is 2.41. The minimum atomic E-state index is 0.181. The fourth-order valence-electron chi connectivity index (χ4n) is 3.47. The summed E-state index contributed by atoms with van der Waals surface area (Å²) < 4.78 is 0. The van der Waals surface area contributed by atoms with E-state index in [0.29, 0.717) is 11.8 Å². The van der Waals surface area contributed by atoms with Gasteiger partial charge in [-0.05, 0) is 23.8 Å². The van der Waals surface area contributed by atoms with Gasteiger partial charge in [-0.1, -0.05) is 37.3 Å². The van der Waals surface area contributed by atoms with E-state index in [2.05, 4.69) is 47.5 Å². The fraction of sp³-hybridized carbons (Fsp3) is 0.562. The van der Waals surface area contributed by atoms with Crippen LogP contribution in [0.1, 0.15) is 12.5 Å². The number of nitrogens with zero attached hydrogens (tertiary/aromatic N) is 1. The number of fused-ring (bicyclic) bond motifs is 1. The molecule has 1 aromatic carbocycles. The highest BCUT2D eigenvalue weighted by atomic mass is 16.1. The predicted molar refractivity (Wildman–Crippen MR) is 75.7 cm³/mol. The summed E-state index contributed by atoms with van der Waals surface area (Å²) in [7, 11) is 0. The summed E-state index contributed by atoms with van der Waals surface area (Å²) in [4.78, 5) is 14.2. The average Bonchev–Trinajstić information content (AvgIpc) is 2.86. The maximum absolute atomic E-state index is 11.7. The molecule has 0 spiro atoms. The van der Waals surface area contributed by atoms with Gasteiger partial charge in [-0.3, -0.25) is 4.79 Å². The molecule has 1 amide bonds. The van der Waals surface area contributed by atoms with Crippen LogP contribution in [0.4, 0.5) is 0 Å². The van der Waals surface area contributed by atoms with Crippen molar-refractivity contribution < 1.29 is 4.79 Å². The molecule has 2 aliphatic heterocycles. The molecule has 19 heavy (non-hydrogen) atoms. The molecule has 102 valence electrons. The Bertz CT molecular complexity index is 445. The van der Waals surface area contributed by atoms with Gasteiger partial charge in [-0.25, -0.2) is 0 Å². The van der Waals surface area contributed by atoms with Crippen LogP contribution in [0.3, 0.4) is 0 Å². The summed E-state index contributed by atoms with van der Waals surface area (Å²) in [6, 6.07) is 10.6. The maximum Gasteiger partial charge on any atom is 0.223 e. The van der Waals surface area contributed by atoms with E-state index in [9.17, 15) is 4.79 Å². The highest BCUT2D eigenvalue weighted by Crippen LogP contribution is 2.32. The first kappa shape index (κ1) is 12.7. The third kappa shape index (κ3) is 2.66. The van der Waals surface area contributed by atoms with E-state index in [1.165, 1.54) is 5.56 Å². The van der Waals surface area contributed by atoms with Crippen molar-refractivity contribution in [1.82, 2.24) is 10.2 Å². The molecule has 1 aromatic rings. The summed E-state index contributed by atoms with van der Waals surface area (Å²) in [5, 5.41) is 3.03. The van der Waals surface area contributed by atoms with Crippen LogP contribution in [0.2, 0.25) is 0 Å². The quantitative estimate of drug-likeness (QED) is 0.892. The average molecular weight is 258 g/mol. The zero-order chi connectivity index (χ0) is 13.2. The van der Waals surface area contributed by atoms with Gasteiger partial charge in [0, 0.05) is 32.1 Å². The number of carbonyl (C=O) groups excluding carboxylic acids is 1. The Balaban J connectivity index is 1.56. The summed E-state index contributed by atoms with van der Waals surface area (Å²) in [6.45, 7) is 6.29. The molecule has 3 rings (SSSR count). The fourth-order valence-corrected chi connectivity index (χ4v) is 3.47. The molecule has 2 heterocycles. The predicted octanol–water partition coefficient (Wildman–Crippen LogP) is 1.54. The second-order valence-corrected chi connectivity index (χ2v) is 5.95. The van der Waals surface area contributed by atoms with E-state index < -0.39 is 0 Å². The Hall–Kier alpha value is -1.35. The third-order valence-corrected chi connectivity index (χ3v) is 4.72. The van der Waals surface area contributed by atoms with Crippen molar-refractivity contribution in [3.8, 4) is 0 Å². The van der Waals surface area contributed by atoms with E-state index in [-0.39, 0.29) is 11.8 Å². The largest absolute Gasteiger partial charge is 0.356 e. The molecule has 2 saturated heterocycles. The topological polar surface area (TPSA) is 32.3 Å². The maximum atomic E-state index is 11.7. The molecule has 0 unspecified atom stereocenters. The van der Waals surface area contributed by atoms with Gasteiger partial charge in [0.25, 0.3) is 0 Å². The van der Waals surface area contributed by atoms with Crippen LogP contribution in [0.5, 0.6) is 0 Å². The number of nitrogens with one attached hydrogen (secondary N) is 1. The molecular formula is C16H22N2O. The van der Waals surface area contributed by atoms with Crippen LogP contribution in [-0.4, -0.2) is 37.0 Å². The minimum absolute atomic E-state index is 0.181. The lowest BCUT2D eigenvalue weighted by Crippen LogP contribution is -2.46. The summed E-state index contributed by atoms with van der Waals surface area (Å²) in [5.74, 6) is 1.64. The number of hydrogen-bond acceptors (Lipinski definition) is 2. The molecule has 0 radical (unpaired) electrons. The Labute approximate surface area is 115 Å². The second kappa shape index (κ2) is 5.33. The van der Waals surface area contributed by atoms with Gasteiger partial charge in [-0.15, -0.1) is 0 Å². The standard InChI is InChI=1S/C16H22N2O/c1-12-15-11-18(10-14(15)9-17-16(12)19)8-7-13-5-3-2-4-6-13/h2-6,12,14-15H,7-11H2,1H3,(H,17,19)/t12-,14-,15-/m1/s1. The van der Waals surface area contributed by atoms with Crippen molar-refractivity contribution in [2.24, 2.45) is 17.8 Å². The third-order valence-electron chi connectivity index (χ3n) is 4.72. The van der Waals surface area contributed by atoms with Gasteiger partial charge in [0.1, 0.15) is 0 Å². The number of piperidine rings is 1. The molecule has 0 saturated carbocycles. The number of hydrogen-bond donors (Lipinski definition) is 1. The first-order valence-electron chi connectivity index (χ1n) is 7.28. The van der Waals surface area contributed by atoms with Crippen LogP contribution in [0, 0.1) is 17.8 Å². The lowest BCUT2D eigenvalue weighted by molar-refractivity contribution is -0.128. The summed E-state index contributed by atoms with van der Waals surface area (Å²) >= 11 is 0. The van der Waals surface area contributed by atoms with Gasteiger partial charge in [-0.2, -0.15) is 0 Å². The van der Waals surface area contributed by atoms with Gasteiger partial charge in [0.15, 0.2) is 0 Å². The van der Waals surface area contributed by atoms with Crippen LogP contribution in [0.15, 0.2) is 30.3 Å². The molecule has 3 nitrogen and oxygen atoms in total. The normalized spacial score (nSPS) is 31.0. The molecule has 2 aliphatic rings. The van der Waals surface area contributed by atoms with Crippen molar-refractivity contribution in [1.29, 1.82) is 0 Å². The van der Waals surface area contributed by atoms with E-state index in [4.69, 9.17) is 0 Å². The lowest BCUT2D eigenvalue weighted by Gasteiger charge is -2.30. The Kier molecular flexibility index (Phi) is 3.56. The molecule has 2 fully saturated rings. The first-order chi connectivity index (χ1) is 9.24. The molecule has 0 bridgehead atoms. The van der Waals surface area contributed by atoms with Crippen LogP contribution in [-0.2, 0) is 11.2 Å². The van der Waals surface area contributed by atoms with E-state index in [0.717, 1.165) is 32.6 Å². The Morgan fingerprint density at radius 1 is 1.26 bits per heavy atom. The Morgan fingerprint density at radius 3 is 2.84 bits per heavy atom. The minimum Gasteiger partial charge on any atom is -0.356 e. The van der Waals surface area contributed by atoms with Gasteiger partial charge >= 0.3 is 0 Å². The van der Waals surface area contributed by atoms with E-state index in [1.807, 2.05) is 0 Å². The number of benzene rings is 1. The van der Waals surface area contributed by atoms with Crippen molar-refractivity contribution in [3.05, 3.63) is 35.9 Å². The monoisotopic (exact) mass is 258 g/mol. The number of amides is 1. The molecular weight excluding hydrogens is 236 g/mol.